The van der Waals surface area contributed by atoms with Crippen LogP contribution in [0.4, 0.5) is 13.2 Å². The Morgan fingerprint density at radius 3 is 2.36 bits per heavy atom. The van der Waals surface area contributed by atoms with Crippen LogP contribution in [0.25, 0.3) is 0 Å². The number of hydrogen-bond donors (Lipinski definition) is 0. The van der Waals surface area contributed by atoms with Crippen molar-refractivity contribution in [3.8, 4) is 0 Å². The molecule has 0 aromatic heterocycles. The van der Waals surface area contributed by atoms with Gasteiger partial charge in [0.25, 0.3) is 0 Å². The topological polar surface area (TPSA) is 0 Å². The second-order valence-electron chi connectivity index (χ2n) is 2.24. The molecule has 0 saturated carbocycles. The van der Waals surface area contributed by atoms with E-state index in [2.05, 4.69) is 0 Å². The van der Waals surface area contributed by atoms with Crippen LogP contribution in [0.5, 0.6) is 0 Å². The van der Waals surface area contributed by atoms with E-state index in [1.54, 1.807) is 0 Å². The van der Waals surface area contributed by atoms with Gasteiger partial charge in [0, 0.05) is 5.88 Å². The lowest BCUT2D eigenvalue weighted by molar-refractivity contribution is -0.156. The molecule has 0 aliphatic carbocycles. The van der Waals surface area contributed by atoms with Crippen LogP contribution in [0, 0.1) is 5.92 Å². The van der Waals surface area contributed by atoms with Gasteiger partial charge in [0.15, 0.2) is 0 Å². The van der Waals surface area contributed by atoms with Gasteiger partial charge in [0.05, 0.1) is 5.92 Å². The maximum atomic E-state index is 11.8. The lowest BCUT2D eigenvalue weighted by Gasteiger charge is -2.10. The number of halogens is 4. The van der Waals surface area contributed by atoms with E-state index in [-0.39, 0.29) is 0 Å². The molecule has 1 atom stereocenters. The first-order valence-corrected chi connectivity index (χ1v) is 3.81. The lowest BCUT2D eigenvalue weighted by atomic mass is 10.1. The van der Waals surface area contributed by atoms with Crippen LogP contribution in [-0.4, -0.2) is 12.1 Å². The fourth-order valence-corrected chi connectivity index (χ4v) is 0.598. The highest BCUT2D eigenvalue weighted by molar-refractivity contribution is 6.17. The Bertz CT molecular complexity index is 128. The molecular formula is C7H10ClF3. The van der Waals surface area contributed by atoms with Crippen molar-refractivity contribution in [2.75, 3.05) is 5.88 Å². The third-order valence-corrected chi connectivity index (χ3v) is 1.44. The lowest BCUT2D eigenvalue weighted by Crippen LogP contribution is -2.17. The summed E-state index contributed by atoms with van der Waals surface area (Å²) in [5.41, 5.74) is 0. The molecule has 4 heteroatoms. The molecule has 0 radical (unpaired) electrons. The van der Waals surface area contributed by atoms with Crippen LogP contribution in [0.1, 0.15) is 13.3 Å². The molecule has 66 valence electrons. The zero-order valence-electron chi connectivity index (χ0n) is 6.16. The second-order valence-corrected chi connectivity index (χ2v) is 2.61. The van der Waals surface area contributed by atoms with E-state index in [0.717, 1.165) is 13.0 Å². The van der Waals surface area contributed by atoms with Crippen LogP contribution in [0.2, 0.25) is 0 Å². The van der Waals surface area contributed by atoms with E-state index in [1.807, 2.05) is 0 Å². The number of rotatable bonds is 3. The van der Waals surface area contributed by atoms with Gasteiger partial charge in [0.1, 0.15) is 0 Å². The summed E-state index contributed by atoms with van der Waals surface area (Å²) < 4.78 is 35.4. The van der Waals surface area contributed by atoms with Gasteiger partial charge >= 0.3 is 6.18 Å². The van der Waals surface area contributed by atoms with E-state index in [9.17, 15) is 13.2 Å². The number of allylic oxidation sites excluding steroid dienone is 2. The molecule has 0 fully saturated rings. The summed E-state index contributed by atoms with van der Waals surface area (Å²) in [6, 6.07) is 0. The quantitative estimate of drug-likeness (QED) is 0.468. The molecule has 0 nitrogen and oxygen atoms in total. The van der Waals surface area contributed by atoms with Gasteiger partial charge in [-0.25, -0.2) is 0 Å². The molecule has 0 amide bonds. The summed E-state index contributed by atoms with van der Waals surface area (Å²) in [5.74, 6) is -1.01. The zero-order valence-corrected chi connectivity index (χ0v) is 6.91. The minimum absolute atomic E-state index is 0.362. The average molecular weight is 187 g/mol. The Morgan fingerprint density at radius 1 is 1.45 bits per heavy atom. The van der Waals surface area contributed by atoms with Crippen LogP contribution < -0.4 is 0 Å². The molecule has 0 aliphatic heterocycles. The maximum absolute atomic E-state index is 11.8. The molecule has 0 heterocycles. The summed E-state index contributed by atoms with van der Waals surface area (Å²) in [6.07, 6.45) is -1.06. The highest BCUT2D eigenvalue weighted by atomic mass is 35.5. The Kier molecular flexibility index (Phi) is 4.57. The Labute approximate surface area is 69.0 Å². The van der Waals surface area contributed by atoms with Crippen molar-refractivity contribution >= 4 is 11.6 Å². The molecule has 1 unspecified atom stereocenters. The first-order valence-electron chi connectivity index (χ1n) is 3.28. The monoisotopic (exact) mass is 186 g/mol. The van der Waals surface area contributed by atoms with E-state index >= 15 is 0 Å². The van der Waals surface area contributed by atoms with Crippen molar-refractivity contribution < 1.29 is 13.2 Å². The molecule has 0 aromatic carbocycles. The molecule has 11 heavy (non-hydrogen) atoms. The first kappa shape index (κ1) is 10.8. The van der Waals surface area contributed by atoms with E-state index in [4.69, 9.17) is 11.6 Å². The standard InChI is InChI=1S/C7H10ClF3/c1-6(7(9,10)11)4-2-3-5-8/h2,4,6H,3,5H2,1H3/b4-2-. The van der Waals surface area contributed by atoms with E-state index in [1.165, 1.54) is 6.08 Å². The van der Waals surface area contributed by atoms with E-state index < -0.39 is 12.1 Å². The van der Waals surface area contributed by atoms with Crippen molar-refractivity contribution in [1.82, 2.24) is 0 Å². The normalized spacial score (nSPS) is 15.7. The van der Waals surface area contributed by atoms with Crippen LogP contribution >= 0.6 is 11.6 Å². The van der Waals surface area contributed by atoms with Gasteiger partial charge in [-0.1, -0.05) is 19.1 Å². The minimum atomic E-state index is -4.12. The maximum Gasteiger partial charge on any atom is 0.394 e. The average Bonchev–Trinajstić information content (AvgIpc) is 1.86. The first-order chi connectivity index (χ1) is 4.98. The van der Waals surface area contributed by atoms with Crippen molar-refractivity contribution in [2.45, 2.75) is 19.5 Å². The van der Waals surface area contributed by atoms with Crippen LogP contribution in [0.15, 0.2) is 12.2 Å². The molecule has 0 N–H and O–H groups in total. The van der Waals surface area contributed by atoms with Gasteiger partial charge in [-0.05, 0) is 6.42 Å². The van der Waals surface area contributed by atoms with Gasteiger partial charge in [-0.2, -0.15) is 13.2 Å². The Balaban J connectivity index is 3.77. The van der Waals surface area contributed by atoms with Gasteiger partial charge in [-0.15, -0.1) is 11.6 Å². The highest BCUT2D eigenvalue weighted by Crippen LogP contribution is 2.26. The van der Waals surface area contributed by atoms with Crippen molar-refractivity contribution in [2.24, 2.45) is 5.92 Å². The van der Waals surface area contributed by atoms with Gasteiger partial charge in [0.2, 0.25) is 0 Å². The summed E-state index contributed by atoms with van der Waals surface area (Å²) in [6.45, 7) is 1.12. The minimum Gasteiger partial charge on any atom is -0.170 e. The SMILES string of the molecule is CC(/C=C\CCCl)C(F)(F)F. The number of hydrogen-bond acceptors (Lipinski definition) is 0. The zero-order chi connectivity index (χ0) is 8.91. The van der Waals surface area contributed by atoms with Crippen molar-refractivity contribution in [1.29, 1.82) is 0 Å². The molecule has 0 aromatic rings. The largest absolute Gasteiger partial charge is 0.394 e. The molecule has 0 bridgehead atoms. The summed E-state index contributed by atoms with van der Waals surface area (Å²) >= 11 is 5.27. The summed E-state index contributed by atoms with van der Waals surface area (Å²) in [5, 5.41) is 0. The third kappa shape index (κ3) is 5.13. The summed E-state index contributed by atoms with van der Waals surface area (Å²) in [4.78, 5) is 0. The third-order valence-electron chi connectivity index (χ3n) is 1.22. The Morgan fingerprint density at radius 2 is 2.00 bits per heavy atom. The van der Waals surface area contributed by atoms with Gasteiger partial charge < -0.3 is 0 Å². The van der Waals surface area contributed by atoms with Gasteiger partial charge in [-0.3, -0.25) is 0 Å². The van der Waals surface area contributed by atoms with Crippen LogP contribution in [-0.2, 0) is 0 Å². The molecule has 0 rings (SSSR count). The smallest absolute Gasteiger partial charge is 0.170 e. The molecule has 0 saturated heterocycles. The van der Waals surface area contributed by atoms with Crippen LogP contribution in [0.3, 0.4) is 0 Å². The fraction of sp³-hybridized carbons (Fsp3) is 0.714. The molecular weight excluding hydrogens is 177 g/mol. The van der Waals surface area contributed by atoms with Crippen molar-refractivity contribution in [3.63, 3.8) is 0 Å². The molecule has 0 spiro atoms. The fourth-order valence-electron chi connectivity index (χ4n) is 0.472. The van der Waals surface area contributed by atoms with Crippen molar-refractivity contribution in [3.05, 3.63) is 12.2 Å². The predicted octanol–water partition coefficient (Wildman–Crippen LogP) is 3.37. The van der Waals surface area contributed by atoms with E-state index in [0.29, 0.717) is 12.3 Å². The number of alkyl halides is 4. The Hall–Kier alpha value is -0.180. The summed E-state index contributed by atoms with van der Waals surface area (Å²) in [7, 11) is 0. The second kappa shape index (κ2) is 4.65. The highest BCUT2D eigenvalue weighted by Gasteiger charge is 2.33. The predicted molar refractivity (Wildman–Crippen MR) is 39.7 cm³/mol. The molecule has 0 aliphatic rings.